The Hall–Kier alpha value is -4.29. The van der Waals surface area contributed by atoms with Crippen molar-refractivity contribution >= 4 is 29.0 Å². The SMILES string of the molecule is O=NC(=O)C1(NC(=O)Cc2cccc(OCc3ccccc3)c2)CC2=CCC=C(c3ccc(Cl)cc3)C=C2C1. The number of carbonyl (C=O) groups is 2. The fourth-order valence-electron chi connectivity index (χ4n) is 5.07. The summed E-state index contributed by atoms with van der Waals surface area (Å²) in [5, 5.41) is 6.25. The fraction of sp³-hybridized carbons (Fsp3) is 0.188. The van der Waals surface area contributed by atoms with Crippen molar-refractivity contribution < 1.29 is 14.3 Å². The summed E-state index contributed by atoms with van der Waals surface area (Å²) >= 11 is 6.05. The zero-order chi connectivity index (χ0) is 27.2. The van der Waals surface area contributed by atoms with Gasteiger partial charge >= 0.3 is 5.91 Å². The van der Waals surface area contributed by atoms with Crippen LogP contribution in [0.15, 0.2) is 113 Å². The quantitative estimate of drug-likeness (QED) is 0.322. The third-order valence-electron chi connectivity index (χ3n) is 6.99. The third-order valence-corrected chi connectivity index (χ3v) is 7.24. The molecule has 0 aliphatic heterocycles. The first-order chi connectivity index (χ1) is 18.9. The number of hydrogen-bond acceptors (Lipinski definition) is 4. The lowest BCUT2D eigenvalue weighted by Crippen LogP contribution is -2.52. The van der Waals surface area contributed by atoms with Gasteiger partial charge in [0.2, 0.25) is 5.91 Å². The molecular weight excluding hydrogens is 512 g/mol. The number of nitroso groups, excluding NO2 is 1. The van der Waals surface area contributed by atoms with E-state index < -0.39 is 11.4 Å². The van der Waals surface area contributed by atoms with Gasteiger partial charge in [-0.1, -0.05) is 84.4 Å². The van der Waals surface area contributed by atoms with E-state index in [-0.39, 0.29) is 25.2 Å². The molecule has 0 spiro atoms. The van der Waals surface area contributed by atoms with E-state index in [1.54, 1.807) is 0 Å². The van der Waals surface area contributed by atoms with Gasteiger partial charge in [-0.2, -0.15) is 0 Å². The minimum atomic E-state index is -1.40. The summed E-state index contributed by atoms with van der Waals surface area (Å²) < 4.78 is 5.88. The van der Waals surface area contributed by atoms with Crippen LogP contribution in [0, 0.1) is 4.91 Å². The van der Waals surface area contributed by atoms with Crippen LogP contribution in [0.25, 0.3) is 5.57 Å². The highest BCUT2D eigenvalue weighted by Crippen LogP contribution is 2.42. The van der Waals surface area contributed by atoms with E-state index in [4.69, 9.17) is 16.3 Å². The second-order valence-corrected chi connectivity index (χ2v) is 10.2. The summed E-state index contributed by atoms with van der Waals surface area (Å²) in [5.74, 6) is -0.592. The molecule has 6 nitrogen and oxygen atoms in total. The molecule has 0 bridgehead atoms. The largest absolute Gasteiger partial charge is 0.489 e. The molecule has 196 valence electrons. The molecule has 5 rings (SSSR count). The first-order valence-electron chi connectivity index (χ1n) is 12.7. The monoisotopic (exact) mass is 538 g/mol. The van der Waals surface area contributed by atoms with Crippen molar-refractivity contribution in [1.29, 1.82) is 0 Å². The molecular formula is C32H27ClN2O4. The minimum absolute atomic E-state index is 0.0322. The zero-order valence-corrected chi connectivity index (χ0v) is 22.0. The van der Waals surface area contributed by atoms with E-state index >= 15 is 0 Å². The van der Waals surface area contributed by atoms with Crippen molar-refractivity contribution in [2.75, 3.05) is 0 Å². The Morgan fingerprint density at radius 2 is 1.64 bits per heavy atom. The molecule has 2 amide bonds. The highest BCUT2D eigenvalue weighted by Gasteiger charge is 2.47. The van der Waals surface area contributed by atoms with Crippen LogP contribution in [-0.2, 0) is 22.6 Å². The van der Waals surface area contributed by atoms with Gasteiger partial charge in [0, 0.05) is 23.0 Å². The molecule has 2 aliphatic carbocycles. The van der Waals surface area contributed by atoms with Gasteiger partial charge in [-0.05, 0) is 64.1 Å². The topological polar surface area (TPSA) is 84.8 Å². The van der Waals surface area contributed by atoms with Crippen LogP contribution < -0.4 is 10.1 Å². The lowest BCUT2D eigenvalue weighted by molar-refractivity contribution is -0.130. The van der Waals surface area contributed by atoms with E-state index in [0.29, 0.717) is 23.8 Å². The highest BCUT2D eigenvalue weighted by molar-refractivity contribution is 6.30. The number of hydrogen-bond donors (Lipinski definition) is 1. The maximum absolute atomic E-state index is 13.2. The van der Waals surface area contributed by atoms with E-state index in [0.717, 1.165) is 33.4 Å². The van der Waals surface area contributed by atoms with Crippen molar-refractivity contribution in [1.82, 2.24) is 5.32 Å². The molecule has 3 aromatic carbocycles. The van der Waals surface area contributed by atoms with Crippen LogP contribution in [0.1, 0.15) is 36.0 Å². The van der Waals surface area contributed by atoms with Crippen LogP contribution in [0.5, 0.6) is 5.75 Å². The number of benzene rings is 3. The van der Waals surface area contributed by atoms with Crippen LogP contribution >= 0.6 is 11.6 Å². The standard InChI is InChI=1S/C32H27ClN2O4/c33-28-14-12-24(13-15-28)25-9-5-10-26-19-32(31(37)35-38,20-27(26)18-25)34-30(36)17-23-8-4-11-29(16-23)39-21-22-6-2-1-3-7-22/h1-4,6-16,18H,5,17,19-21H2,(H,34,36). The Kier molecular flexibility index (Phi) is 7.84. The Labute approximate surface area is 232 Å². The maximum atomic E-state index is 13.2. The Morgan fingerprint density at radius 1 is 0.897 bits per heavy atom. The third kappa shape index (κ3) is 6.24. The molecule has 1 unspecified atom stereocenters. The molecule has 1 saturated carbocycles. The summed E-state index contributed by atoms with van der Waals surface area (Å²) in [5.41, 5.74) is 4.20. The summed E-state index contributed by atoms with van der Waals surface area (Å²) in [7, 11) is 0. The minimum Gasteiger partial charge on any atom is -0.489 e. The second kappa shape index (κ2) is 11.6. The molecule has 0 radical (unpaired) electrons. The smallest absolute Gasteiger partial charge is 0.312 e. The number of amides is 2. The number of nitrogens with one attached hydrogen (secondary N) is 1. The van der Waals surface area contributed by atoms with Crippen molar-refractivity contribution in [3.05, 3.63) is 135 Å². The van der Waals surface area contributed by atoms with Crippen molar-refractivity contribution in [2.24, 2.45) is 5.18 Å². The van der Waals surface area contributed by atoms with Gasteiger partial charge in [0.1, 0.15) is 17.9 Å². The van der Waals surface area contributed by atoms with Crippen molar-refractivity contribution in [3.63, 3.8) is 0 Å². The number of halogens is 1. The summed E-state index contributed by atoms with van der Waals surface area (Å²) in [6, 6.07) is 24.6. The Bertz CT molecular complexity index is 1490. The normalized spacial score (nSPS) is 18.1. The number of allylic oxidation sites excluding steroid dienone is 4. The molecule has 39 heavy (non-hydrogen) atoms. The van der Waals surface area contributed by atoms with Gasteiger partial charge in [0.05, 0.1) is 6.42 Å². The molecule has 1 atom stereocenters. The number of rotatable bonds is 8. The van der Waals surface area contributed by atoms with E-state index in [9.17, 15) is 14.5 Å². The average Bonchev–Trinajstić information content (AvgIpc) is 3.17. The second-order valence-electron chi connectivity index (χ2n) is 9.78. The molecule has 2 aliphatic rings. The molecule has 0 aromatic heterocycles. The Balaban J connectivity index is 1.30. The molecule has 3 aromatic rings. The van der Waals surface area contributed by atoms with E-state index in [1.165, 1.54) is 0 Å². The van der Waals surface area contributed by atoms with Gasteiger partial charge < -0.3 is 10.1 Å². The molecule has 7 heteroatoms. The lowest BCUT2D eigenvalue weighted by atomic mass is 9.94. The lowest BCUT2D eigenvalue weighted by Gasteiger charge is -2.25. The van der Waals surface area contributed by atoms with Crippen LogP contribution in [0.4, 0.5) is 0 Å². The maximum Gasteiger partial charge on any atom is 0.312 e. The summed E-state index contributed by atoms with van der Waals surface area (Å²) in [6.45, 7) is 0.412. The predicted molar refractivity (Wildman–Crippen MR) is 152 cm³/mol. The first kappa shape index (κ1) is 26.3. The van der Waals surface area contributed by atoms with Crippen LogP contribution in [-0.4, -0.2) is 17.4 Å². The van der Waals surface area contributed by atoms with E-state index in [1.807, 2.05) is 91.0 Å². The molecule has 0 heterocycles. The van der Waals surface area contributed by atoms with Gasteiger partial charge in [-0.3, -0.25) is 9.59 Å². The molecule has 1 fully saturated rings. The first-order valence-corrected chi connectivity index (χ1v) is 13.1. The van der Waals surface area contributed by atoms with Gasteiger partial charge in [-0.25, -0.2) is 0 Å². The van der Waals surface area contributed by atoms with Crippen LogP contribution in [0.3, 0.4) is 0 Å². The summed E-state index contributed by atoms with van der Waals surface area (Å²) in [4.78, 5) is 37.4. The Morgan fingerprint density at radius 3 is 2.41 bits per heavy atom. The number of nitrogens with zero attached hydrogens (tertiary/aromatic N) is 1. The van der Waals surface area contributed by atoms with Crippen molar-refractivity contribution in [2.45, 2.75) is 37.8 Å². The number of ether oxygens (including phenoxy) is 1. The van der Waals surface area contributed by atoms with Crippen molar-refractivity contribution in [3.8, 4) is 5.75 Å². The zero-order valence-electron chi connectivity index (χ0n) is 21.2. The van der Waals surface area contributed by atoms with E-state index in [2.05, 4.69) is 16.6 Å². The molecule has 0 saturated heterocycles. The molecule has 1 N–H and O–H groups in total. The fourth-order valence-corrected chi connectivity index (χ4v) is 5.19. The van der Waals surface area contributed by atoms with Gasteiger partial charge in [0.25, 0.3) is 0 Å². The van der Waals surface area contributed by atoms with Crippen LogP contribution in [0.2, 0.25) is 5.02 Å². The van der Waals surface area contributed by atoms with Gasteiger partial charge in [-0.15, -0.1) is 4.91 Å². The average molecular weight is 539 g/mol. The number of carbonyl (C=O) groups excluding carboxylic acids is 2. The highest BCUT2D eigenvalue weighted by atomic mass is 35.5. The summed E-state index contributed by atoms with van der Waals surface area (Å²) in [6.07, 6.45) is 7.27. The van der Waals surface area contributed by atoms with Gasteiger partial charge in [0.15, 0.2) is 0 Å². The predicted octanol–water partition coefficient (Wildman–Crippen LogP) is 6.74. The number of fused-ring (bicyclic) bond motifs is 1.